The van der Waals surface area contributed by atoms with Gasteiger partial charge >= 0.3 is 0 Å². The highest BCUT2D eigenvalue weighted by Gasteiger charge is 2.41. The number of methoxy groups -OCH3 is 1. The molecule has 1 amide bonds. The van der Waals surface area contributed by atoms with E-state index in [9.17, 15) is 4.79 Å². The van der Waals surface area contributed by atoms with Crippen LogP contribution in [0.15, 0.2) is 18.2 Å². The third-order valence-electron chi connectivity index (χ3n) is 6.28. The number of hydrogen-bond acceptors (Lipinski definition) is 2. The third-order valence-corrected chi connectivity index (χ3v) is 6.28. The highest BCUT2D eigenvalue weighted by atomic mass is 16.5. The second kappa shape index (κ2) is 6.18. The van der Waals surface area contributed by atoms with Crippen LogP contribution in [0.5, 0.6) is 5.75 Å². The number of hydrogen-bond donors (Lipinski definition) is 0. The van der Waals surface area contributed by atoms with Gasteiger partial charge in [0.15, 0.2) is 0 Å². The molecule has 0 spiro atoms. The molecule has 1 aromatic rings. The Bertz CT molecular complexity index is 591. The normalized spacial score (nSPS) is 26.9. The molecule has 3 nitrogen and oxygen atoms in total. The van der Waals surface area contributed by atoms with Crippen LogP contribution in [0, 0.1) is 5.92 Å². The van der Waals surface area contributed by atoms with Gasteiger partial charge in [0.2, 0.25) is 5.91 Å². The van der Waals surface area contributed by atoms with Gasteiger partial charge in [-0.25, -0.2) is 0 Å². The van der Waals surface area contributed by atoms with Gasteiger partial charge in [-0.05, 0) is 55.2 Å². The van der Waals surface area contributed by atoms with Crippen molar-refractivity contribution in [3.63, 3.8) is 0 Å². The fourth-order valence-electron chi connectivity index (χ4n) is 5.14. The minimum Gasteiger partial charge on any atom is -0.496 e. The van der Waals surface area contributed by atoms with Crippen LogP contribution < -0.4 is 4.74 Å². The summed E-state index contributed by atoms with van der Waals surface area (Å²) in [7, 11) is 1.76. The molecule has 3 heteroatoms. The van der Waals surface area contributed by atoms with Crippen LogP contribution in [0.3, 0.4) is 0 Å². The number of amides is 1. The van der Waals surface area contributed by atoms with Gasteiger partial charge in [0.1, 0.15) is 5.75 Å². The number of nitrogens with zero attached hydrogens (tertiary/aromatic N) is 1. The highest BCUT2D eigenvalue weighted by molar-refractivity contribution is 5.77. The second-order valence-corrected chi connectivity index (χ2v) is 7.47. The molecule has 0 radical (unpaired) electrons. The Morgan fingerprint density at radius 3 is 2.83 bits per heavy atom. The van der Waals surface area contributed by atoms with Gasteiger partial charge in [0.05, 0.1) is 7.11 Å². The fraction of sp³-hybridized carbons (Fsp3) is 0.650. The minimum absolute atomic E-state index is 0.413. The summed E-state index contributed by atoms with van der Waals surface area (Å²) in [6, 6.07) is 6.84. The largest absolute Gasteiger partial charge is 0.496 e. The monoisotopic (exact) mass is 313 g/mol. The van der Waals surface area contributed by atoms with Gasteiger partial charge in [-0.1, -0.05) is 25.0 Å². The van der Waals surface area contributed by atoms with E-state index in [4.69, 9.17) is 4.74 Å². The van der Waals surface area contributed by atoms with Gasteiger partial charge in [0.25, 0.3) is 0 Å². The maximum Gasteiger partial charge on any atom is 0.223 e. The lowest BCUT2D eigenvalue weighted by atomic mass is 9.79. The van der Waals surface area contributed by atoms with E-state index in [-0.39, 0.29) is 0 Å². The predicted molar refractivity (Wildman–Crippen MR) is 90.7 cm³/mol. The zero-order valence-corrected chi connectivity index (χ0v) is 14.1. The Labute approximate surface area is 139 Å². The predicted octanol–water partition coefficient (Wildman–Crippen LogP) is 3.91. The molecule has 23 heavy (non-hydrogen) atoms. The zero-order valence-electron chi connectivity index (χ0n) is 14.1. The van der Waals surface area contributed by atoms with E-state index in [1.54, 1.807) is 7.11 Å². The van der Waals surface area contributed by atoms with Crippen molar-refractivity contribution in [2.24, 2.45) is 5.92 Å². The first-order chi connectivity index (χ1) is 11.3. The van der Waals surface area contributed by atoms with E-state index in [1.165, 1.54) is 36.8 Å². The van der Waals surface area contributed by atoms with Crippen molar-refractivity contribution in [1.29, 1.82) is 0 Å². The molecule has 0 unspecified atom stereocenters. The molecule has 1 heterocycles. The summed E-state index contributed by atoms with van der Waals surface area (Å²) in [5.41, 5.74) is 2.80. The fourth-order valence-corrected chi connectivity index (χ4v) is 5.14. The average molecular weight is 313 g/mol. The highest BCUT2D eigenvalue weighted by Crippen LogP contribution is 2.44. The summed E-state index contributed by atoms with van der Waals surface area (Å²) in [6.45, 7) is 0.942. The average Bonchev–Trinajstić information content (AvgIpc) is 3.23. The molecule has 1 aromatic carbocycles. The van der Waals surface area contributed by atoms with Crippen molar-refractivity contribution in [1.82, 2.24) is 4.90 Å². The molecule has 124 valence electrons. The van der Waals surface area contributed by atoms with Gasteiger partial charge in [-0.3, -0.25) is 4.79 Å². The Kier molecular flexibility index (Phi) is 4.04. The van der Waals surface area contributed by atoms with Gasteiger partial charge < -0.3 is 9.64 Å². The Hall–Kier alpha value is -1.51. The quantitative estimate of drug-likeness (QED) is 0.847. The van der Waals surface area contributed by atoms with E-state index in [0.717, 1.165) is 38.0 Å². The van der Waals surface area contributed by atoms with Gasteiger partial charge in [-0.15, -0.1) is 0 Å². The second-order valence-electron chi connectivity index (χ2n) is 7.47. The molecule has 2 fully saturated rings. The summed E-state index contributed by atoms with van der Waals surface area (Å²) < 4.78 is 5.54. The molecule has 0 N–H and O–H groups in total. The first-order valence-electron chi connectivity index (χ1n) is 9.23. The van der Waals surface area contributed by atoms with Crippen LogP contribution in [0.2, 0.25) is 0 Å². The first kappa shape index (κ1) is 15.0. The number of benzene rings is 1. The molecule has 1 saturated carbocycles. The van der Waals surface area contributed by atoms with E-state index in [0.29, 0.717) is 23.8 Å². The van der Waals surface area contributed by atoms with Crippen LogP contribution >= 0.6 is 0 Å². The molecule has 2 aliphatic carbocycles. The molecule has 0 aromatic heterocycles. The van der Waals surface area contributed by atoms with Crippen molar-refractivity contribution in [2.45, 2.75) is 63.3 Å². The molecule has 1 aliphatic heterocycles. The summed E-state index contributed by atoms with van der Waals surface area (Å²) >= 11 is 0. The van der Waals surface area contributed by atoms with E-state index >= 15 is 0 Å². The number of carbonyl (C=O) groups is 1. The maximum absolute atomic E-state index is 12.8. The SMILES string of the molecule is COc1cccc2c1CC[C@H]1[C@@H]2CCN1C(=O)CC1CCCC1. The van der Waals surface area contributed by atoms with Crippen molar-refractivity contribution in [3.8, 4) is 5.75 Å². The lowest BCUT2D eigenvalue weighted by Gasteiger charge is -2.34. The van der Waals surface area contributed by atoms with Crippen molar-refractivity contribution < 1.29 is 9.53 Å². The van der Waals surface area contributed by atoms with E-state index in [1.807, 2.05) is 0 Å². The van der Waals surface area contributed by atoms with Crippen LogP contribution in [0.1, 0.15) is 62.0 Å². The number of rotatable bonds is 3. The minimum atomic E-state index is 0.413. The van der Waals surface area contributed by atoms with Gasteiger partial charge in [-0.2, -0.15) is 0 Å². The van der Waals surface area contributed by atoms with Crippen molar-refractivity contribution in [2.75, 3.05) is 13.7 Å². The lowest BCUT2D eigenvalue weighted by Crippen LogP contribution is -2.40. The number of fused-ring (bicyclic) bond motifs is 3. The molecule has 4 rings (SSSR count). The van der Waals surface area contributed by atoms with E-state index in [2.05, 4.69) is 23.1 Å². The summed E-state index contributed by atoms with van der Waals surface area (Å²) in [4.78, 5) is 15.0. The van der Waals surface area contributed by atoms with Crippen LogP contribution in [0.25, 0.3) is 0 Å². The van der Waals surface area contributed by atoms with Crippen molar-refractivity contribution in [3.05, 3.63) is 29.3 Å². The molecule has 1 saturated heterocycles. The summed E-state index contributed by atoms with van der Waals surface area (Å²) in [5, 5.41) is 0. The van der Waals surface area contributed by atoms with E-state index < -0.39 is 0 Å². The number of ether oxygens (including phenoxy) is 1. The smallest absolute Gasteiger partial charge is 0.223 e. The molecule has 0 bridgehead atoms. The number of carbonyl (C=O) groups excluding carboxylic acids is 1. The lowest BCUT2D eigenvalue weighted by molar-refractivity contribution is -0.133. The summed E-state index contributed by atoms with van der Waals surface area (Å²) in [6.07, 6.45) is 9.17. The van der Waals surface area contributed by atoms with Crippen LogP contribution in [-0.2, 0) is 11.2 Å². The number of likely N-dealkylation sites (tertiary alicyclic amines) is 1. The van der Waals surface area contributed by atoms with Crippen molar-refractivity contribution >= 4 is 5.91 Å². The van der Waals surface area contributed by atoms with Crippen LogP contribution in [0.4, 0.5) is 0 Å². The Morgan fingerprint density at radius 1 is 1.22 bits per heavy atom. The Balaban J connectivity index is 1.51. The molecule has 3 aliphatic rings. The first-order valence-corrected chi connectivity index (χ1v) is 9.23. The Morgan fingerprint density at radius 2 is 2.04 bits per heavy atom. The topological polar surface area (TPSA) is 29.5 Å². The molecule has 2 atom stereocenters. The third kappa shape index (κ3) is 2.64. The maximum atomic E-state index is 12.8. The standard InChI is InChI=1S/C20H27NO2/c1-23-19-8-4-7-15-16-11-12-21(18(16)10-9-17(15)19)20(22)13-14-5-2-3-6-14/h4,7-8,14,16,18H,2-3,5-6,9-13H2,1H3/t16-,18+/m1/s1. The van der Waals surface area contributed by atoms with Gasteiger partial charge in [0, 0.05) is 24.9 Å². The summed E-state index contributed by atoms with van der Waals surface area (Å²) in [5.74, 6) is 2.60. The van der Waals surface area contributed by atoms with Crippen LogP contribution in [-0.4, -0.2) is 30.5 Å². The molecular formula is C20H27NO2. The molecular weight excluding hydrogens is 286 g/mol. The zero-order chi connectivity index (χ0) is 15.8.